The van der Waals surface area contributed by atoms with Gasteiger partial charge in [-0.25, -0.2) is 0 Å². The van der Waals surface area contributed by atoms with Gasteiger partial charge in [-0.15, -0.1) is 0 Å². The molecule has 0 aromatic carbocycles. The summed E-state index contributed by atoms with van der Waals surface area (Å²) in [6.45, 7) is 0.867. The molecule has 0 unspecified atom stereocenters. The normalized spacial score (nSPS) is 10.1. The van der Waals surface area contributed by atoms with Crippen LogP contribution < -0.4 is 5.43 Å². The molecule has 0 saturated carbocycles. The first kappa shape index (κ1) is 9.65. The second-order valence-corrected chi connectivity index (χ2v) is 3.38. The molecular weight excluding hydrogens is 188 g/mol. The molecule has 2 heterocycles. The Hall–Kier alpha value is -1.90. The van der Waals surface area contributed by atoms with Crippen LogP contribution in [0.1, 0.15) is 5.56 Å². The highest BCUT2D eigenvalue weighted by molar-refractivity contribution is 5.08. The first-order valence-electron chi connectivity index (χ1n) is 4.89. The molecule has 2 aromatic rings. The summed E-state index contributed by atoms with van der Waals surface area (Å²) in [6.07, 6.45) is 8.17. The molecule has 0 fully saturated rings. The molecule has 3 heteroatoms. The molecule has 0 radical (unpaired) electrons. The Kier molecular flexibility index (Phi) is 2.93. The molecule has 0 atom stereocenters. The zero-order chi connectivity index (χ0) is 10.5. The molecule has 2 aromatic heterocycles. The molecule has 3 nitrogen and oxygen atoms in total. The van der Waals surface area contributed by atoms with E-state index < -0.39 is 0 Å². The van der Waals surface area contributed by atoms with Crippen molar-refractivity contribution < 1.29 is 0 Å². The maximum absolute atomic E-state index is 10.9. The predicted octanol–water partition coefficient (Wildman–Crippen LogP) is 1.49. The van der Waals surface area contributed by atoms with Gasteiger partial charge >= 0.3 is 0 Å². The lowest BCUT2D eigenvalue weighted by Crippen LogP contribution is -2.05. The Morgan fingerprint density at radius 1 is 1.20 bits per heavy atom. The lowest BCUT2D eigenvalue weighted by atomic mass is 10.2. The summed E-state index contributed by atoms with van der Waals surface area (Å²) < 4.78 is 1.99. The highest BCUT2D eigenvalue weighted by Crippen LogP contribution is 1.98. The van der Waals surface area contributed by atoms with Crippen LogP contribution in [-0.2, 0) is 13.0 Å². The van der Waals surface area contributed by atoms with Crippen molar-refractivity contribution in [2.45, 2.75) is 13.0 Å². The lowest BCUT2D eigenvalue weighted by molar-refractivity contribution is 0.689. The largest absolute Gasteiger partial charge is 0.354 e. The first-order chi connectivity index (χ1) is 7.34. The minimum atomic E-state index is 0.0487. The fourth-order valence-corrected chi connectivity index (χ4v) is 1.40. The second-order valence-electron chi connectivity index (χ2n) is 3.38. The predicted molar refractivity (Wildman–Crippen MR) is 58.6 cm³/mol. The molecule has 0 spiro atoms. The van der Waals surface area contributed by atoms with Gasteiger partial charge in [0.1, 0.15) is 0 Å². The molecule has 76 valence electrons. The van der Waals surface area contributed by atoms with Crippen LogP contribution in [-0.4, -0.2) is 9.55 Å². The highest BCUT2D eigenvalue weighted by atomic mass is 16.1. The van der Waals surface area contributed by atoms with Gasteiger partial charge in [0.2, 0.25) is 0 Å². The van der Waals surface area contributed by atoms with E-state index in [-0.39, 0.29) is 5.43 Å². The Bertz CT molecular complexity index is 456. The van der Waals surface area contributed by atoms with E-state index in [0.717, 1.165) is 13.0 Å². The summed E-state index contributed by atoms with van der Waals surface area (Å²) >= 11 is 0. The molecule has 0 aliphatic heterocycles. The summed E-state index contributed by atoms with van der Waals surface area (Å²) in [5.41, 5.74) is 1.25. The van der Waals surface area contributed by atoms with Gasteiger partial charge in [0.05, 0.1) is 0 Å². The number of hydrogen-bond donors (Lipinski definition) is 0. The molecule has 0 amide bonds. The summed E-state index contributed by atoms with van der Waals surface area (Å²) in [6, 6.07) is 7.13. The average molecular weight is 200 g/mol. The van der Waals surface area contributed by atoms with Gasteiger partial charge in [0.25, 0.3) is 0 Å². The summed E-state index contributed by atoms with van der Waals surface area (Å²) in [7, 11) is 0. The lowest BCUT2D eigenvalue weighted by Gasteiger charge is -2.04. The van der Waals surface area contributed by atoms with Crippen molar-refractivity contribution in [1.29, 1.82) is 0 Å². The summed E-state index contributed by atoms with van der Waals surface area (Å²) in [4.78, 5) is 14.9. The van der Waals surface area contributed by atoms with Crippen molar-refractivity contribution in [1.82, 2.24) is 9.55 Å². The molecule has 0 aliphatic rings. The number of nitrogens with zero attached hydrogens (tertiary/aromatic N) is 2. The standard InChI is InChI=1S/C12H12N2O/c15-12-4-8-14(9-5-12)7-3-11-2-1-6-13-10-11/h1-2,4-6,8-10H,3,7H2. The number of hydrogen-bond acceptors (Lipinski definition) is 2. The van der Waals surface area contributed by atoms with E-state index in [0.29, 0.717) is 0 Å². The van der Waals surface area contributed by atoms with Crippen LogP contribution in [0.2, 0.25) is 0 Å². The van der Waals surface area contributed by atoms with Crippen molar-refractivity contribution in [2.75, 3.05) is 0 Å². The fourth-order valence-electron chi connectivity index (χ4n) is 1.40. The quantitative estimate of drug-likeness (QED) is 0.752. The van der Waals surface area contributed by atoms with Gasteiger partial charge in [0.15, 0.2) is 5.43 Å². The summed E-state index contributed by atoms with van der Waals surface area (Å²) in [5.74, 6) is 0. The van der Waals surface area contributed by atoms with Crippen LogP contribution in [0.4, 0.5) is 0 Å². The molecule has 0 bridgehead atoms. The van der Waals surface area contributed by atoms with Gasteiger partial charge in [-0.05, 0) is 18.1 Å². The number of aromatic nitrogens is 2. The van der Waals surface area contributed by atoms with E-state index >= 15 is 0 Å². The van der Waals surface area contributed by atoms with Crippen LogP contribution in [0.5, 0.6) is 0 Å². The molecule has 15 heavy (non-hydrogen) atoms. The van der Waals surface area contributed by atoms with Crippen molar-refractivity contribution in [2.24, 2.45) is 0 Å². The van der Waals surface area contributed by atoms with Crippen LogP contribution in [0, 0.1) is 0 Å². The Morgan fingerprint density at radius 2 is 2.00 bits per heavy atom. The smallest absolute Gasteiger partial charge is 0.181 e. The third kappa shape index (κ3) is 2.77. The van der Waals surface area contributed by atoms with E-state index in [1.165, 1.54) is 5.56 Å². The van der Waals surface area contributed by atoms with Crippen molar-refractivity contribution in [3.63, 3.8) is 0 Å². The van der Waals surface area contributed by atoms with Crippen LogP contribution in [0.25, 0.3) is 0 Å². The van der Waals surface area contributed by atoms with Crippen LogP contribution >= 0.6 is 0 Å². The summed E-state index contributed by atoms with van der Waals surface area (Å²) in [5, 5.41) is 0. The van der Waals surface area contributed by atoms with Crippen LogP contribution in [0.3, 0.4) is 0 Å². The zero-order valence-corrected chi connectivity index (χ0v) is 8.34. The van der Waals surface area contributed by atoms with Gasteiger partial charge < -0.3 is 4.57 Å². The van der Waals surface area contributed by atoms with Crippen molar-refractivity contribution in [3.05, 3.63) is 64.8 Å². The van der Waals surface area contributed by atoms with Gasteiger partial charge in [-0.2, -0.15) is 0 Å². The number of aryl methyl sites for hydroxylation is 2. The third-order valence-corrected chi connectivity index (χ3v) is 2.24. The Morgan fingerprint density at radius 3 is 2.67 bits per heavy atom. The maximum atomic E-state index is 10.9. The van der Waals surface area contributed by atoms with Gasteiger partial charge in [0, 0.05) is 43.5 Å². The minimum absolute atomic E-state index is 0.0487. The van der Waals surface area contributed by atoms with E-state index in [9.17, 15) is 4.79 Å². The first-order valence-corrected chi connectivity index (χ1v) is 4.89. The monoisotopic (exact) mass is 200 g/mol. The molecule has 0 N–H and O–H groups in total. The van der Waals surface area contributed by atoms with Crippen LogP contribution in [0.15, 0.2) is 53.8 Å². The van der Waals surface area contributed by atoms with Crippen molar-refractivity contribution in [3.8, 4) is 0 Å². The van der Waals surface area contributed by atoms with Gasteiger partial charge in [-0.1, -0.05) is 6.07 Å². The van der Waals surface area contributed by atoms with E-state index in [1.54, 1.807) is 30.7 Å². The van der Waals surface area contributed by atoms with Gasteiger partial charge in [-0.3, -0.25) is 9.78 Å². The maximum Gasteiger partial charge on any atom is 0.181 e. The number of rotatable bonds is 3. The topological polar surface area (TPSA) is 34.9 Å². The minimum Gasteiger partial charge on any atom is -0.354 e. The third-order valence-electron chi connectivity index (χ3n) is 2.24. The van der Waals surface area contributed by atoms with E-state index in [2.05, 4.69) is 11.1 Å². The van der Waals surface area contributed by atoms with Crippen molar-refractivity contribution >= 4 is 0 Å². The molecule has 0 aliphatic carbocycles. The SMILES string of the molecule is O=c1ccn(CCc2cccnc2)cc1. The Labute approximate surface area is 88.0 Å². The Balaban J connectivity index is 1.99. The number of pyridine rings is 2. The molecular formula is C12H12N2O. The van der Waals surface area contributed by atoms with E-state index in [1.807, 2.05) is 16.8 Å². The fraction of sp³-hybridized carbons (Fsp3) is 0.167. The molecule has 0 saturated heterocycles. The average Bonchev–Trinajstić information content (AvgIpc) is 2.30. The highest BCUT2D eigenvalue weighted by Gasteiger charge is 1.92. The zero-order valence-electron chi connectivity index (χ0n) is 8.34. The van der Waals surface area contributed by atoms with E-state index in [4.69, 9.17) is 0 Å². The molecule has 2 rings (SSSR count). The second kappa shape index (κ2) is 4.55.